The smallest absolute Gasteiger partial charge is 0.240 e. The Hall–Kier alpha value is -1.65. The topological polar surface area (TPSA) is 61.1 Å². The van der Waals surface area contributed by atoms with Gasteiger partial charge in [0.15, 0.2) is 0 Å². The van der Waals surface area contributed by atoms with Gasteiger partial charge >= 0.3 is 0 Å². The molecule has 1 saturated heterocycles. The van der Waals surface area contributed by atoms with Gasteiger partial charge in [-0.05, 0) is 67.5 Å². The molecule has 5 nitrogen and oxygen atoms in total. The van der Waals surface area contributed by atoms with Crippen LogP contribution in [0, 0.1) is 17.2 Å². The summed E-state index contributed by atoms with van der Waals surface area (Å²) in [6.07, 6.45) is 4.51. The van der Waals surface area contributed by atoms with Crippen molar-refractivity contribution in [3.63, 3.8) is 0 Å². The predicted octanol–water partition coefficient (Wildman–Crippen LogP) is 4.98. The number of hydrogen-bond donors (Lipinski definition) is 1. The standard InChI is InChI=1S/C21H24Cl2N4OS/c1-15-4-8-27(9-5-15)21(28)20(6-10-26-7-2-3-18(26)14-24)25-29-19-12-16(22)11-17(23)13-19/h2-3,7,11-13,15,20,25H,4-6,8-10H2,1H3. The first-order chi connectivity index (χ1) is 14.0. The van der Waals surface area contributed by atoms with Crippen LogP contribution in [-0.2, 0) is 11.3 Å². The summed E-state index contributed by atoms with van der Waals surface area (Å²) in [5.41, 5.74) is 0.595. The second-order valence-corrected chi connectivity index (χ2v) is 9.16. The highest BCUT2D eigenvalue weighted by atomic mass is 35.5. The van der Waals surface area contributed by atoms with Gasteiger partial charge in [0.2, 0.25) is 5.91 Å². The zero-order valence-electron chi connectivity index (χ0n) is 16.3. The number of hydrogen-bond acceptors (Lipinski definition) is 4. The molecule has 1 aromatic carbocycles. The lowest BCUT2D eigenvalue weighted by Gasteiger charge is -2.33. The fourth-order valence-electron chi connectivity index (χ4n) is 3.39. The first kappa shape index (κ1) is 22.0. The van der Waals surface area contributed by atoms with Crippen LogP contribution in [0.2, 0.25) is 10.0 Å². The van der Waals surface area contributed by atoms with Crippen molar-refractivity contribution in [2.45, 2.75) is 43.7 Å². The van der Waals surface area contributed by atoms with Crippen molar-refractivity contribution in [3.05, 3.63) is 52.3 Å². The molecule has 2 heterocycles. The van der Waals surface area contributed by atoms with E-state index in [-0.39, 0.29) is 11.9 Å². The third kappa shape index (κ3) is 6.16. The predicted molar refractivity (Wildman–Crippen MR) is 118 cm³/mol. The molecule has 1 unspecified atom stereocenters. The van der Waals surface area contributed by atoms with Crippen molar-refractivity contribution >= 4 is 41.1 Å². The Labute approximate surface area is 186 Å². The van der Waals surface area contributed by atoms with Crippen LogP contribution in [0.4, 0.5) is 0 Å². The molecule has 1 aliphatic rings. The Morgan fingerprint density at radius 1 is 1.31 bits per heavy atom. The molecule has 0 spiro atoms. The summed E-state index contributed by atoms with van der Waals surface area (Å²) >= 11 is 13.5. The molecule has 1 atom stereocenters. The number of amides is 1. The van der Waals surface area contributed by atoms with Crippen LogP contribution < -0.4 is 4.72 Å². The van der Waals surface area contributed by atoms with Crippen LogP contribution in [0.5, 0.6) is 0 Å². The van der Waals surface area contributed by atoms with Gasteiger partial charge in [-0.3, -0.25) is 4.79 Å². The summed E-state index contributed by atoms with van der Waals surface area (Å²) in [5, 5.41) is 10.3. The van der Waals surface area contributed by atoms with E-state index < -0.39 is 0 Å². The van der Waals surface area contributed by atoms with Crippen LogP contribution in [0.3, 0.4) is 0 Å². The molecular weight excluding hydrogens is 427 g/mol. The molecule has 3 rings (SSSR count). The van der Waals surface area contributed by atoms with Gasteiger partial charge in [-0.15, -0.1) is 0 Å². The van der Waals surface area contributed by atoms with E-state index in [4.69, 9.17) is 23.2 Å². The average Bonchev–Trinajstić information content (AvgIpc) is 3.15. The number of aryl methyl sites for hydroxylation is 1. The van der Waals surface area contributed by atoms with Gasteiger partial charge in [-0.1, -0.05) is 30.1 Å². The van der Waals surface area contributed by atoms with Gasteiger partial charge in [0, 0.05) is 40.8 Å². The van der Waals surface area contributed by atoms with E-state index in [1.807, 2.05) is 33.9 Å². The second-order valence-electron chi connectivity index (χ2n) is 7.37. The first-order valence-electron chi connectivity index (χ1n) is 9.68. The molecular formula is C21H24Cl2N4OS. The van der Waals surface area contributed by atoms with Crippen LogP contribution >= 0.6 is 35.1 Å². The molecule has 154 valence electrons. The van der Waals surface area contributed by atoms with E-state index in [2.05, 4.69) is 17.7 Å². The van der Waals surface area contributed by atoms with Crippen molar-refractivity contribution in [3.8, 4) is 6.07 Å². The summed E-state index contributed by atoms with van der Waals surface area (Å²) in [6.45, 7) is 4.39. The van der Waals surface area contributed by atoms with Crippen molar-refractivity contribution < 1.29 is 4.79 Å². The van der Waals surface area contributed by atoms with Gasteiger partial charge in [0.05, 0.1) is 6.04 Å². The van der Waals surface area contributed by atoms with Gasteiger partial charge < -0.3 is 9.47 Å². The Morgan fingerprint density at radius 2 is 2.00 bits per heavy atom. The van der Waals surface area contributed by atoms with Gasteiger partial charge in [-0.25, -0.2) is 4.72 Å². The molecule has 1 fully saturated rings. The summed E-state index contributed by atoms with van der Waals surface area (Å²) in [6, 6.07) is 10.7. The second kappa shape index (κ2) is 10.4. The molecule has 1 amide bonds. The van der Waals surface area contributed by atoms with E-state index >= 15 is 0 Å². The molecule has 0 aliphatic carbocycles. The summed E-state index contributed by atoms with van der Waals surface area (Å²) in [5.74, 6) is 0.759. The lowest BCUT2D eigenvalue weighted by atomic mass is 9.98. The summed E-state index contributed by atoms with van der Waals surface area (Å²) < 4.78 is 5.19. The number of nitrogens with one attached hydrogen (secondary N) is 1. The van der Waals surface area contributed by atoms with Crippen LogP contribution in [0.15, 0.2) is 41.4 Å². The molecule has 2 aromatic rings. The molecule has 0 saturated carbocycles. The van der Waals surface area contributed by atoms with Crippen LogP contribution in [0.1, 0.15) is 31.9 Å². The molecule has 0 radical (unpaired) electrons. The van der Waals surface area contributed by atoms with Crippen LogP contribution in [-0.4, -0.2) is 34.5 Å². The number of nitriles is 1. The number of carbonyl (C=O) groups is 1. The quantitative estimate of drug-likeness (QED) is 0.604. The molecule has 1 N–H and O–H groups in total. The third-order valence-electron chi connectivity index (χ3n) is 5.15. The lowest BCUT2D eigenvalue weighted by molar-refractivity contribution is -0.134. The highest BCUT2D eigenvalue weighted by molar-refractivity contribution is 7.97. The minimum Gasteiger partial charge on any atom is -0.341 e. The third-order valence-corrected chi connectivity index (χ3v) is 6.46. The normalized spacial score (nSPS) is 15.9. The average molecular weight is 451 g/mol. The Morgan fingerprint density at radius 3 is 2.66 bits per heavy atom. The fourth-order valence-corrected chi connectivity index (χ4v) is 4.91. The summed E-state index contributed by atoms with van der Waals surface area (Å²) in [4.78, 5) is 16.0. The number of nitrogens with zero attached hydrogens (tertiary/aromatic N) is 3. The number of halogens is 2. The highest BCUT2D eigenvalue weighted by Gasteiger charge is 2.27. The number of likely N-dealkylation sites (tertiary alicyclic amines) is 1. The largest absolute Gasteiger partial charge is 0.341 e. The molecule has 0 bridgehead atoms. The molecule has 1 aliphatic heterocycles. The molecule has 8 heteroatoms. The van der Waals surface area contributed by atoms with Crippen molar-refractivity contribution in [2.75, 3.05) is 13.1 Å². The fraction of sp³-hybridized carbons (Fsp3) is 0.429. The van der Waals surface area contributed by atoms with E-state index in [1.165, 1.54) is 11.9 Å². The first-order valence-corrected chi connectivity index (χ1v) is 11.3. The Balaban J connectivity index is 1.69. The SMILES string of the molecule is CC1CCN(C(=O)C(CCn2cccc2C#N)NSc2cc(Cl)cc(Cl)c2)CC1. The van der Waals surface area contributed by atoms with E-state index in [0.717, 1.165) is 30.8 Å². The maximum Gasteiger partial charge on any atom is 0.240 e. The minimum absolute atomic E-state index is 0.100. The number of rotatable bonds is 7. The van der Waals surface area contributed by atoms with Crippen molar-refractivity contribution in [2.24, 2.45) is 5.92 Å². The molecule has 29 heavy (non-hydrogen) atoms. The highest BCUT2D eigenvalue weighted by Crippen LogP contribution is 2.26. The van der Waals surface area contributed by atoms with E-state index in [0.29, 0.717) is 34.6 Å². The summed E-state index contributed by atoms with van der Waals surface area (Å²) in [7, 11) is 0. The number of piperidine rings is 1. The maximum absolute atomic E-state index is 13.2. The Kier molecular flexibility index (Phi) is 7.91. The molecule has 1 aromatic heterocycles. The minimum atomic E-state index is -0.375. The van der Waals surface area contributed by atoms with Crippen molar-refractivity contribution in [1.82, 2.24) is 14.2 Å². The van der Waals surface area contributed by atoms with E-state index in [1.54, 1.807) is 12.1 Å². The maximum atomic E-state index is 13.2. The number of aromatic nitrogens is 1. The number of benzene rings is 1. The lowest BCUT2D eigenvalue weighted by Crippen LogP contribution is -2.47. The van der Waals surface area contributed by atoms with Crippen molar-refractivity contribution in [1.29, 1.82) is 5.26 Å². The van der Waals surface area contributed by atoms with E-state index in [9.17, 15) is 10.1 Å². The van der Waals surface area contributed by atoms with Gasteiger partial charge in [0.1, 0.15) is 11.8 Å². The van der Waals surface area contributed by atoms with Gasteiger partial charge in [0.25, 0.3) is 0 Å². The zero-order chi connectivity index (χ0) is 20.8. The zero-order valence-corrected chi connectivity index (χ0v) is 18.6. The van der Waals surface area contributed by atoms with Crippen LogP contribution in [0.25, 0.3) is 0 Å². The number of carbonyl (C=O) groups excluding carboxylic acids is 1. The monoisotopic (exact) mass is 450 g/mol. The van der Waals surface area contributed by atoms with Gasteiger partial charge in [-0.2, -0.15) is 5.26 Å². The Bertz CT molecular complexity index is 867.